The van der Waals surface area contributed by atoms with E-state index in [0.717, 1.165) is 37.9 Å². The van der Waals surface area contributed by atoms with E-state index in [1.165, 1.54) is 17.5 Å². The highest BCUT2D eigenvalue weighted by atomic mass is 16.7. The molecule has 1 aliphatic heterocycles. The van der Waals surface area contributed by atoms with Gasteiger partial charge in [0.2, 0.25) is 11.9 Å². The Bertz CT molecular complexity index is 890. The summed E-state index contributed by atoms with van der Waals surface area (Å²) in [7, 11) is 0. The van der Waals surface area contributed by atoms with Crippen LogP contribution in [0.3, 0.4) is 0 Å². The second kappa shape index (κ2) is 9.17. The minimum atomic E-state index is -0.534. The van der Waals surface area contributed by atoms with E-state index in [9.17, 15) is 0 Å². The molecule has 0 radical (unpaired) electrons. The zero-order valence-electron chi connectivity index (χ0n) is 17.2. The van der Waals surface area contributed by atoms with E-state index in [-0.39, 0.29) is 11.9 Å². The molecule has 4 N–H and O–H groups in total. The summed E-state index contributed by atoms with van der Waals surface area (Å²) >= 11 is 0. The van der Waals surface area contributed by atoms with Crippen LogP contribution in [0.2, 0.25) is 0 Å². The second-order valence-electron chi connectivity index (χ2n) is 7.77. The standard InChI is InChI=1S/C23H29N5O2/c24-21-26-22(25)28(23(27-21)13-5-2-6-14-23)30-16-15-29-20-11-9-19(10-12-20)17-18-7-3-1-4-8-18/h1,3-4,7-12H,2,5-6,13-17H2,(H4,24,25,26,27). The van der Waals surface area contributed by atoms with Crippen molar-refractivity contribution in [3.8, 4) is 5.75 Å². The van der Waals surface area contributed by atoms with Gasteiger partial charge in [-0.25, -0.2) is 4.99 Å². The number of hydrogen-bond donors (Lipinski definition) is 2. The van der Waals surface area contributed by atoms with Crippen LogP contribution in [0, 0.1) is 0 Å². The molecule has 0 saturated heterocycles. The number of hydroxylamine groups is 2. The molecule has 0 atom stereocenters. The van der Waals surface area contributed by atoms with Gasteiger partial charge < -0.3 is 16.2 Å². The summed E-state index contributed by atoms with van der Waals surface area (Å²) in [6.45, 7) is 0.746. The van der Waals surface area contributed by atoms with Gasteiger partial charge in [0.1, 0.15) is 19.0 Å². The van der Waals surface area contributed by atoms with Crippen LogP contribution < -0.4 is 16.2 Å². The molecule has 7 nitrogen and oxygen atoms in total. The third-order valence-electron chi connectivity index (χ3n) is 5.54. The Balaban J connectivity index is 1.28. The van der Waals surface area contributed by atoms with E-state index in [4.69, 9.17) is 21.0 Å². The maximum atomic E-state index is 6.10. The number of ether oxygens (including phenoxy) is 1. The molecule has 158 valence electrons. The Labute approximate surface area is 177 Å². The summed E-state index contributed by atoms with van der Waals surface area (Å²) in [4.78, 5) is 14.6. The quantitative estimate of drug-likeness (QED) is 0.687. The Kier molecular flexibility index (Phi) is 6.18. The van der Waals surface area contributed by atoms with Gasteiger partial charge in [0.15, 0.2) is 5.66 Å². The van der Waals surface area contributed by atoms with Gasteiger partial charge in [-0.05, 0) is 55.4 Å². The second-order valence-corrected chi connectivity index (χ2v) is 7.77. The van der Waals surface area contributed by atoms with E-state index in [1.807, 2.05) is 18.2 Å². The molecular formula is C23H29N5O2. The lowest BCUT2D eigenvalue weighted by atomic mass is 9.89. The van der Waals surface area contributed by atoms with Crippen molar-refractivity contribution in [1.82, 2.24) is 5.06 Å². The first-order valence-electron chi connectivity index (χ1n) is 10.5. The van der Waals surface area contributed by atoms with Gasteiger partial charge >= 0.3 is 0 Å². The molecule has 1 fully saturated rings. The first-order valence-corrected chi connectivity index (χ1v) is 10.5. The predicted molar refractivity (Wildman–Crippen MR) is 118 cm³/mol. The molecule has 4 rings (SSSR count). The van der Waals surface area contributed by atoms with Crippen molar-refractivity contribution in [3.63, 3.8) is 0 Å². The summed E-state index contributed by atoms with van der Waals surface area (Å²) in [5.41, 5.74) is 14.0. The van der Waals surface area contributed by atoms with E-state index in [0.29, 0.717) is 13.2 Å². The van der Waals surface area contributed by atoms with Crippen molar-refractivity contribution in [2.75, 3.05) is 13.2 Å². The van der Waals surface area contributed by atoms with Gasteiger partial charge in [-0.2, -0.15) is 10.1 Å². The molecule has 1 spiro atoms. The van der Waals surface area contributed by atoms with Gasteiger partial charge in [-0.1, -0.05) is 48.9 Å². The van der Waals surface area contributed by atoms with Crippen LogP contribution >= 0.6 is 0 Å². The number of hydrogen-bond acceptors (Lipinski definition) is 7. The first-order chi connectivity index (χ1) is 14.6. The Morgan fingerprint density at radius 1 is 0.867 bits per heavy atom. The molecule has 0 amide bonds. The van der Waals surface area contributed by atoms with Crippen LogP contribution in [-0.4, -0.2) is 35.9 Å². The maximum absolute atomic E-state index is 6.10. The zero-order chi connectivity index (χ0) is 20.8. The van der Waals surface area contributed by atoms with Crippen LogP contribution in [0.15, 0.2) is 64.6 Å². The first kappa shape index (κ1) is 20.2. The summed E-state index contributed by atoms with van der Waals surface area (Å²) in [6.07, 6.45) is 5.93. The molecule has 1 aliphatic carbocycles. The fourth-order valence-electron chi connectivity index (χ4n) is 4.10. The molecule has 1 saturated carbocycles. The van der Waals surface area contributed by atoms with E-state index >= 15 is 0 Å². The van der Waals surface area contributed by atoms with Crippen LogP contribution in [0.5, 0.6) is 5.75 Å². The highest BCUT2D eigenvalue weighted by Gasteiger charge is 2.43. The van der Waals surface area contributed by atoms with Crippen molar-refractivity contribution in [2.24, 2.45) is 21.5 Å². The SMILES string of the molecule is NC1=NC2(CCCCC2)N(OCCOc2ccc(Cc3ccccc3)cc2)C(N)=N1. The molecule has 2 aliphatic rings. The summed E-state index contributed by atoms with van der Waals surface area (Å²) in [5, 5.41) is 1.63. The minimum Gasteiger partial charge on any atom is -0.491 e. The van der Waals surface area contributed by atoms with Gasteiger partial charge in [-0.15, -0.1) is 0 Å². The third-order valence-corrected chi connectivity index (χ3v) is 5.54. The highest BCUT2D eigenvalue weighted by Crippen LogP contribution is 2.36. The fraction of sp³-hybridized carbons (Fsp3) is 0.391. The van der Waals surface area contributed by atoms with Crippen molar-refractivity contribution < 1.29 is 9.57 Å². The summed E-state index contributed by atoms with van der Waals surface area (Å²) in [5.74, 6) is 1.29. The zero-order valence-corrected chi connectivity index (χ0v) is 17.2. The van der Waals surface area contributed by atoms with Gasteiger partial charge in [-0.3, -0.25) is 4.84 Å². The number of nitrogens with zero attached hydrogens (tertiary/aromatic N) is 3. The number of benzene rings is 2. The average Bonchev–Trinajstić information content (AvgIpc) is 2.75. The lowest BCUT2D eigenvalue weighted by Gasteiger charge is -2.44. The maximum Gasteiger partial charge on any atom is 0.226 e. The van der Waals surface area contributed by atoms with Gasteiger partial charge in [0, 0.05) is 0 Å². The fourth-order valence-corrected chi connectivity index (χ4v) is 4.10. The molecule has 0 bridgehead atoms. The normalized spacial score (nSPS) is 18.1. The summed E-state index contributed by atoms with van der Waals surface area (Å²) < 4.78 is 5.84. The molecule has 0 aromatic heterocycles. The van der Waals surface area contributed by atoms with Crippen molar-refractivity contribution >= 4 is 11.9 Å². The van der Waals surface area contributed by atoms with Gasteiger partial charge in [0.05, 0.1) is 0 Å². The van der Waals surface area contributed by atoms with Crippen LogP contribution in [-0.2, 0) is 11.3 Å². The number of guanidine groups is 2. The lowest BCUT2D eigenvalue weighted by molar-refractivity contribution is -0.180. The van der Waals surface area contributed by atoms with Crippen molar-refractivity contribution in [2.45, 2.75) is 44.2 Å². The van der Waals surface area contributed by atoms with Crippen molar-refractivity contribution in [3.05, 3.63) is 65.7 Å². The van der Waals surface area contributed by atoms with Crippen molar-refractivity contribution in [1.29, 1.82) is 0 Å². The molecular weight excluding hydrogens is 378 g/mol. The number of rotatable bonds is 7. The van der Waals surface area contributed by atoms with Crippen LogP contribution in [0.4, 0.5) is 0 Å². The third kappa shape index (κ3) is 4.74. The van der Waals surface area contributed by atoms with Crippen LogP contribution in [0.25, 0.3) is 0 Å². The lowest BCUT2D eigenvalue weighted by Crippen LogP contribution is -2.57. The topological polar surface area (TPSA) is 98.5 Å². The Morgan fingerprint density at radius 3 is 2.30 bits per heavy atom. The predicted octanol–water partition coefficient (Wildman–Crippen LogP) is 3.19. The Morgan fingerprint density at radius 2 is 1.57 bits per heavy atom. The molecule has 30 heavy (non-hydrogen) atoms. The molecule has 7 heteroatoms. The minimum absolute atomic E-state index is 0.223. The smallest absolute Gasteiger partial charge is 0.226 e. The van der Waals surface area contributed by atoms with E-state index in [1.54, 1.807) is 5.06 Å². The van der Waals surface area contributed by atoms with Crippen LogP contribution in [0.1, 0.15) is 43.2 Å². The summed E-state index contributed by atoms with van der Waals surface area (Å²) in [6, 6.07) is 18.6. The number of nitrogens with two attached hydrogens (primary N) is 2. The Hall–Kier alpha value is -3.06. The molecule has 2 aromatic carbocycles. The molecule has 2 aromatic rings. The average molecular weight is 408 g/mol. The molecule has 1 heterocycles. The monoisotopic (exact) mass is 407 g/mol. The van der Waals surface area contributed by atoms with E-state index < -0.39 is 5.66 Å². The highest BCUT2D eigenvalue weighted by molar-refractivity contribution is 5.95. The number of aliphatic imine (C=N–C) groups is 2. The van der Waals surface area contributed by atoms with E-state index in [2.05, 4.69) is 46.4 Å². The molecule has 0 unspecified atom stereocenters. The van der Waals surface area contributed by atoms with Gasteiger partial charge in [0.25, 0.3) is 0 Å². The largest absolute Gasteiger partial charge is 0.491 e.